The Kier molecular flexibility index (Phi) is 6.92. The fourth-order valence-corrected chi connectivity index (χ4v) is 4.73. The van der Waals surface area contributed by atoms with E-state index in [0.717, 1.165) is 12.8 Å². The number of halogens is 1. The topological polar surface area (TPSA) is 63.7 Å². The van der Waals surface area contributed by atoms with Crippen molar-refractivity contribution in [3.63, 3.8) is 0 Å². The number of ether oxygens (including phenoxy) is 1. The molecule has 1 aromatic carbocycles. The van der Waals surface area contributed by atoms with E-state index in [2.05, 4.69) is 6.92 Å². The highest BCUT2D eigenvalue weighted by Gasteiger charge is 2.34. The summed E-state index contributed by atoms with van der Waals surface area (Å²) in [4.78, 5) is 14.3. The van der Waals surface area contributed by atoms with Crippen LogP contribution in [0.25, 0.3) is 0 Å². The van der Waals surface area contributed by atoms with Crippen LogP contribution in [0.4, 0.5) is 0 Å². The molecule has 0 radical (unpaired) electrons. The first-order valence-electron chi connectivity index (χ1n) is 8.29. The molecule has 5 nitrogen and oxygen atoms in total. The molecule has 134 valence electrons. The van der Waals surface area contributed by atoms with Crippen molar-refractivity contribution < 1.29 is 17.9 Å². The van der Waals surface area contributed by atoms with Crippen LogP contribution in [0.3, 0.4) is 0 Å². The largest absolute Gasteiger partial charge is 0.493 e. The highest BCUT2D eigenvalue weighted by Crippen LogP contribution is 2.20. The van der Waals surface area contributed by atoms with Crippen molar-refractivity contribution in [2.24, 2.45) is 0 Å². The maximum atomic E-state index is 12.5. The van der Waals surface area contributed by atoms with Crippen LogP contribution in [-0.2, 0) is 14.6 Å². The minimum Gasteiger partial charge on any atom is -0.493 e. The maximum absolute atomic E-state index is 12.5. The number of nitrogens with zero attached hydrogens (tertiary/aromatic N) is 1. The molecule has 1 unspecified atom stereocenters. The molecule has 0 N–H and O–H groups in total. The van der Waals surface area contributed by atoms with Gasteiger partial charge >= 0.3 is 0 Å². The summed E-state index contributed by atoms with van der Waals surface area (Å²) in [5.74, 6) is 0.830. The molecule has 0 aliphatic carbocycles. The van der Waals surface area contributed by atoms with E-state index in [1.165, 1.54) is 0 Å². The van der Waals surface area contributed by atoms with E-state index in [-0.39, 0.29) is 36.5 Å². The summed E-state index contributed by atoms with van der Waals surface area (Å²) in [7, 11) is -3.01. The van der Waals surface area contributed by atoms with Gasteiger partial charge in [-0.25, -0.2) is 8.42 Å². The number of hydrogen-bond donors (Lipinski definition) is 0. The highest BCUT2D eigenvalue weighted by atomic mass is 35.5. The average Bonchev–Trinajstić information content (AvgIpc) is 2.88. The molecule has 1 fully saturated rings. The van der Waals surface area contributed by atoms with Crippen molar-refractivity contribution in [3.05, 3.63) is 29.3 Å². The summed E-state index contributed by atoms with van der Waals surface area (Å²) < 4.78 is 29.0. The average molecular weight is 374 g/mol. The molecule has 1 atom stereocenters. The van der Waals surface area contributed by atoms with Gasteiger partial charge in [-0.15, -0.1) is 0 Å². The van der Waals surface area contributed by atoms with E-state index < -0.39 is 9.84 Å². The molecular weight excluding hydrogens is 350 g/mol. The van der Waals surface area contributed by atoms with E-state index in [4.69, 9.17) is 16.3 Å². The Labute approximate surface area is 148 Å². The Morgan fingerprint density at radius 2 is 2.21 bits per heavy atom. The number of sulfone groups is 1. The second kappa shape index (κ2) is 8.72. The number of carbonyl (C=O) groups is 1. The molecule has 1 aromatic rings. The lowest BCUT2D eigenvalue weighted by Gasteiger charge is -2.28. The molecule has 0 bridgehead atoms. The van der Waals surface area contributed by atoms with Crippen molar-refractivity contribution in [2.75, 3.05) is 24.7 Å². The first-order chi connectivity index (χ1) is 11.4. The van der Waals surface area contributed by atoms with Gasteiger partial charge in [-0.2, -0.15) is 0 Å². The number of benzene rings is 1. The lowest BCUT2D eigenvalue weighted by atomic mass is 10.2. The molecule has 7 heteroatoms. The van der Waals surface area contributed by atoms with Gasteiger partial charge in [0, 0.05) is 17.6 Å². The summed E-state index contributed by atoms with van der Waals surface area (Å²) in [5.41, 5.74) is 0. The molecule has 0 saturated carbocycles. The molecule has 0 aromatic heterocycles. The second-order valence-corrected chi connectivity index (χ2v) is 8.72. The van der Waals surface area contributed by atoms with E-state index in [1.54, 1.807) is 29.2 Å². The SMILES string of the molecule is CCCCN(C(=O)CCOc1cccc(Cl)c1)C1CCS(=O)(=O)C1. The summed E-state index contributed by atoms with van der Waals surface area (Å²) in [5, 5.41) is 0.583. The number of hydrogen-bond acceptors (Lipinski definition) is 4. The number of rotatable bonds is 8. The standard InChI is InChI=1S/C17H24ClNO4S/c1-2-3-9-19(15-8-11-24(21,22)13-15)17(20)7-10-23-16-6-4-5-14(18)12-16/h4-6,12,15H,2-3,7-11,13H2,1H3. The molecule has 24 heavy (non-hydrogen) atoms. The van der Waals surface area contributed by atoms with Crippen LogP contribution in [0.2, 0.25) is 5.02 Å². The Morgan fingerprint density at radius 1 is 1.42 bits per heavy atom. The van der Waals surface area contributed by atoms with Crippen molar-refractivity contribution in [3.8, 4) is 5.75 Å². The second-order valence-electron chi connectivity index (χ2n) is 6.05. The van der Waals surface area contributed by atoms with Crippen LogP contribution in [-0.4, -0.2) is 49.9 Å². The van der Waals surface area contributed by atoms with Crippen LogP contribution in [0.1, 0.15) is 32.6 Å². The van der Waals surface area contributed by atoms with Gasteiger partial charge in [-0.3, -0.25) is 4.79 Å². The quantitative estimate of drug-likeness (QED) is 0.702. The zero-order valence-corrected chi connectivity index (χ0v) is 15.5. The Morgan fingerprint density at radius 3 is 2.83 bits per heavy atom. The lowest BCUT2D eigenvalue weighted by molar-refractivity contribution is -0.133. The van der Waals surface area contributed by atoms with E-state index in [0.29, 0.717) is 23.7 Å². The molecule has 1 aliphatic rings. The van der Waals surface area contributed by atoms with Gasteiger partial charge in [-0.05, 0) is 31.0 Å². The van der Waals surface area contributed by atoms with E-state index in [9.17, 15) is 13.2 Å². The molecule has 0 spiro atoms. The smallest absolute Gasteiger partial charge is 0.226 e. The summed E-state index contributed by atoms with van der Waals surface area (Å²) in [6.07, 6.45) is 2.60. The van der Waals surface area contributed by atoms with Crippen molar-refractivity contribution >= 4 is 27.3 Å². The first kappa shape index (κ1) is 19.1. The maximum Gasteiger partial charge on any atom is 0.226 e. The monoisotopic (exact) mass is 373 g/mol. The molecule has 2 rings (SSSR count). The van der Waals surface area contributed by atoms with Crippen molar-refractivity contribution in [1.29, 1.82) is 0 Å². The van der Waals surface area contributed by atoms with Gasteiger partial charge in [0.05, 0.1) is 24.5 Å². The van der Waals surface area contributed by atoms with Gasteiger partial charge < -0.3 is 9.64 Å². The normalized spacial score (nSPS) is 19.2. The highest BCUT2D eigenvalue weighted by molar-refractivity contribution is 7.91. The Balaban J connectivity index is 1.90. The number of amides is 1. The third-order valence-electron chi connectivity index (χ3n) is 4.10. The number of unbranched alkanes of at least 4 members (excludes halogenated alkanes) is 1. The fourth-order valence-electron chi connectivity index (χ4n) is 2.82. The Hall–Kier alpha value is -1.27. The van der Waals surface area contributed by atoms with Crippen LogP contribution < -0.4 is 4.74 Å². The van der Waals surface area contributed by atoms with Crippen LogP contribution in [0, 0.1) is 0 Å². The molecule has 1 aliphatic heterocycles. The zero-order valence-electron chi connectivity index (χ0n) is 13.9. The fraction of sp³-hybridized carbons (Fsp3) is 0.588. The molecule has 1 amide bonds. The molecule has 1 saturated heterocycles. The van der Waals surface area contributed by atoms with Gasteiger partial charge in [-0.1, -0.05) is 31.0 Å². The molecular formula is C17H24ClNO4S. The summed E-state index contributed by atoms with van der Waals surface area (Å²) >= 11 is 5.89. The van der Waals surface area contributed by atoms with Crippen LogP contribution >= 0.6 is 11.6 Å². The minimum atomic E-state index is -3.01. The molecule has 1 heterocycles. The van der Waals surface area contributed by atoms with Gasteiger partial charge in [0.15, 0.2) is 9.84 Å². The summed E-state index contributed by atoms with van der Waals surface area (Å²) in [6, 6.07) is 6.84. The number of carbonyl (C=O) groups excluding carboxylic acids is 1. The van der Waals surface area contributed by atoms with Crippen molar-refractivity contribution in [2.45, 2.75) is 38.6 Å². The van der Waals surface area contributed by atoms with Crippen LogP contribution in [0.5, 0.6) is 5.75 Å². The summed E-state index contributed by atoms with van der Waals surface area (Å²) in [6.45, 7) is 2.91. The zero-order chi connectivity index (χ0) is 17.6. The third kappa shape index (κ3) is 5.67. The lowest BCUT2D eigenvalue weighted by Crippen LogP contribution is -2.42. The van der Waals surface area contributed by atoms with E-state index in [1.807, 2.05) is 0 Å². The first-order valence-corrected chi connectivity index (χ1v) is 10.5. The third-order valence-corrected chi connectivity index (χ3v) is 6.09. The Bertz CT molecular complexity index is 662. The van der Waals surface area contributed by atoms with Crippen molar-refractivity contribution in [1.82, 2.24) is 4.90 Å². The van der Waals surface area contributed by atoms with Gasteiger partial charge in [0.25, 0.3) is 0 Å². The predicted molar refractivity (Wildman–Crippen MR) is 95.2 cm³/mol. The minimum absolute atomic E-state index is 0.0485. The van der Waals surface area contributed by atoms with Gasteiger partial charge in [0.1, 0.15) is 5.75 Å². The van der Waals surface area contributed by atoms with Gasteiger partial charge in [0.2, 0.25) is 5.91 Å². The van der Waals surface area contributed by atoms with E-state index >= 15 is 0 Å². The predicted octanol–water partition coefficient (Wildman–Crippen LogP) is 2.92. The van der Waals surface area contributed by atoms with Crippen LogP contribution in [0.15, 0.2) is 24.3 Å².